The summed E-state index contributed by atoms with van der Waals surface area (Å²) in [5.41, 5.74) is 0.542. The van der Waals surface area contributed by atoms with Crippen LogP contribution >= 0.6 is 0 Å². The molecule has 0 saturated carbocycles. The third-order valence-corrected chi connectivity index (χ3v) is 3.94. The van der Waals surface area contributed by atoms with Crippen LogP contribution in [0.5, 0.6) is 0 Å². The van der Waals surface area contributed by atoms with E-state index < -0.39 is 0 Å². The maximum atomic E-state index is 8.87. The first-order chi connectivity index (χ1) is 7.08. The molecule has 2 fully saturated rings. The summed E-state index contributed by atoms with van der Waals surface area (Å²) >= 11 is 0. The van der Waals surface area contributed by atoms with Crippen LogP contribution in [0.25, 0.3) is 0 Å². The number of rotatable bonds is 2. The fourth-order valence-electron chi connectivity index (χ4n) is 2.47. The molecule has 84 valence electrons. The van der Waals surface area contributed by atoms with Crippen molar-refractivity contribution in [3.05, 3.63) is 0 Å². The van der Waals surface area contributed by atoms with Crippen LogP contribution in [-0.2, 0) is 4.74 Å². The minimum absolute atomic E-state index is 0.0608. The van der Waals surface area contributed by atoms with Gasteiger partial charge < -0.3 is 4.74 Å². The second-order valence-corrected chi connectivity index (χ2v) is 5.70. The lowest BCUT2D eigenvalue weighted by Crippen LogP contribution is -2.64. The van der Waals surface area contributed by atoms with Crippen LogP contribution < -0.4 is 0 Å². The second-order valence-electron chi connectivity index (χ2n) is 5.70. The summed E-state index contributed by atoms with van der Waals surface area (Å²) in [6, 6.07) is 2.31. The molecule has 0 bridgehead atoms. The molecule has 0 spiro atoms. The average Bonchev–Trinajstić information content (AvgIpc) is 2.12. The van der Waals surface area contributed by atoms with Gasteiger partial charge in [0.15, 0.2) is 0 Å². The minimum atomic E-state index is 0.0608. The van der Waals surface area contributed by atoms with Gasteiger partial charge in [-0.25, -0.2) is 0 Å². The Bertz CT molecular complexity index is 266. The number of nitrogens with zero attached hydrogens (tertiary/aromatic N) is 2. The van der Waals surface area contributed by atoms with E-state index in [1.165, 1.54) is 12.8 Å². The van der Waals surface area contributed by atoms with Crippen molar-refractivity contribution < 1.29 is 4.74 Å². The number of piperidine rings is 1. The van der Waals surface area contributed by atoms with E-state index in [0.29, 0.717) is 11.8 Å². The fraction of sp³-hybridized carbons (Fsp3) is 0.917. The number of nitriles is 1. The fourth-order valence-corrected chi connectivity index (χ4v) is 2.47. The highest BCUT2D eigenvalue weighted by Crippen LogP contribution is 2.36. The van der Waals surface area contributed by atoms with Gasteiger partial charge in [0.1, 0.15) is 0 Å². The summed E-state index contributed by atoms with van der Waals surface area (Å²) in [5, 5.41) is 8.87. The Morgan fingerprint density at radius 1 is 1.27 bits per heavy atom. The second kappa shape index (κ2) is 3.77. The molecule has 3 heteroatoms. The standard InChI is InChI=1S/C12H20N2O/c1-11(2)4-7-14(8-5-11)12(3-6-13)9-15-10-12/h3-5,7-10H2,1-2H3. The van der Waals surface area contributed by atoms with Crippen molar-refractivity contribution in [3.8, 4) is 6.07 Å². The Labute approximate surface area is 92.0 Å². The van der Waals surface area contributed by atoms with E-state index in [1.54, 1.807) is 0 Å². The molecule has 2 saturated heterocycles. The molecule has 0 N–H and O–H groups in total. The largest absolute Gasteiger partial charge is 0.377 e. The Hall–Kier alpha value is -0.590. The molecular weight excluding hydrogens is 188 g/mol. The lowest BCUT2D eigenvalue weighted by molar-refractivity contribution is -0.149. The molecule has 0 unspecified atom stereocenters. The van der Waals surface area contributed by atoms with E-state index in [-0.39, 0.29) is 5.54 Å². The highest BCUT2D eigenvalue weighted by molar-refractivity contribution is 5.03. The number of ether oxygens (including phenoxy) is 1. The Kier molecular flexibility index (Phi) is 2.74. The molecule has 3 nitrogen and oxygen atoms in total. The Morgan fingerprint density at radius 3 is 2.27 bits per heavy atom. The highest BCUT2D eigenvalue weighted by Gasteiger charge is 2.45. The summed E-state index contributed by atoms with van der Waals surface area (Å²) in [7, 11) is 0. The first-order valence-electron chi connectivity index (χ1n) is 5.78. The zero-order chi connectivity index (χ0) is 10.9. The molecule has 0 atom stereocenters. The molecule has 2 aliphatic heterocycles. The van der Waals surface area contributed by atoms with Gasteiger partial charge in [0.05, 0.1) is 31.2 Å². The average molecular weight is 208 g/mol. The van der Waals surface area contributed by atoms with Gasteiger partial charge in [-0.3, -0.25) is 4.90 Å². The molecule has 2 rings (SSSR count). The summed E-state index contributed by atoms with van der Waals surface area (Å²) in [6.07, 6.45) is 3.09. The molecule has 15 heavy (non-hydrogen) atoms. The van der Waals surface area contributed by atoms with Crippen LogP contribution in [0.15, 0.2) is 0 Å². The van der Waals surface area contributed by atoms with Crippen molar-refractivity contribution in [2.45, 2.75) is 38.6 Å². The summed E-state index contributed by atoms with van der Waals surface area (Å²) in [6.45, 7) is 8.41. The molecule has 0 aromatic carbocycles. The van der Waals surface area contributed by atoms with Gasteiger partial charge in [-0.05, 0) is 31.3 Å². The first kappa shape index (κ1) is 10.9. The lowest BCUT2D eigenvalue weighted by Gasteiger charge is -2.52. The topological polar surface area (TPSA) is 36.3 Å². The summed E-state index contributed by atoms with van der Waals surface area (Å²) < 4.78 is 5.30. The maximum absolute atomic E-state index is 8.87. The van der Waals surface area contributed by atoms with Gasteiger partial charge in [-0.15, -0.1) is 0 Å². The normalized spacial score (nSPS) is 29.1. The van der Waals surface area contributed by atoms with Gasteiger partial charge >= 0.3 is 0 Å². The Morgan fingerprint density at radius 2 is 1.87 bits per heavy atom. The van der Waals surface area contributed by atoms with Crippen LogP contribution in [0, 0.1) is 16.7 Å². The van der Waals surface area contributed by atoms with E-state index >= 15 is 0 Å². The molecule has 2 heterocycles. The van der Waals surface area contributed by atoms with E-state index in [0.717, 1.165) is 26.3 Å². The van der Waals surface area contributed by atoms with Gasteiger partial charge in [-0.2, -0.15) is 5.26 Å². The lowest BCUT2D eigenvalue weighted by atomic mass is 9.79. The van der Waals surface area contributed by atoms with Crippen LogP contribution in [0.4, 0.5) is 0 Å². The van der Waals surface area contributed by atoms with Gasteiger partial charge in [0.2, 0.25) is 0 Å². The maximum Gasteiger partial charge on any atom is 0.0809 e. The molecule has 0 radical (unpaired) electrons. The third-order valence-electron chi connectivity index (χ3n) is 3.94. The highest BCUT2D eigenvalue weighted by atomic mass is 16.5. The molecule has 0 aromatic rings. The number of hydrogen-bond donors (Lipinski definition) is 0. The Balaban J connectivity index is 1.97. The van der Waals surface area contributed by atoms with Crippen molar-refractivity contribution in [3.63, 3.8) is 0 Å². The minimum Gasteiger partial charge on any atom is -0.377 e. The van der Waals surface area contributed by atoms with Crippen molar-refractivity contribution in [1.82, 2.24) is 4.90 Å². The number of hydrogen-bond acceptors (Lipinski definition) is 3. The van der Waals surface area contributed by atoms with E-state index in [2.05, 4.69) is 24.8 Å². The summed E-state index contributed by atoms with van der Waals surface area (Å²) in [4.78, 5) is 2.48. The van der Waals surface area contributed by atoms with Crippen LogP contribution in [0.1, 0.15) is 33.1 Å². The van der Waals surface area contributed by atoms with Crippen LogP contribution in [-0.4, -0.2) is 36.7 Å². The molecular formula is C12H20N2O. The van der Waals surface area contributed by atoms with Crippen molar-refractivity contribution in [1.29, 1.82) is 5.26 Å². The summed E-state index contributed by atoms with van der Waals surface area (Å²) in [5.74, 6) is 0. The van der Waals surface area contributed by atoms with E-state index in [9.17, 15) is 0 Å². The van der Waals surface area contributed by atoms with Gasteiger partial charge in [0, 0.05) is 0 Å². The van der Waals surface area contributed by atoms with Gasteiger partial charge in [0.25, 0.3) is 0 Å². The predicted octanol–water partition coefficient (Wildman–Crippen LogP) is 1.79. The smallest absolute Gasteiger partial charge is 0.0809 e. The monoisotopic (exact) mass is 208 g/mol. The third kappa shape index (κ3) is 2.02. The van der Waals surface area contributed by atoms with Crippen molar-refractivity contribution in [2.24, 2.45) is 5.41 Å². The zero-order valence-electron chi connectivity index (χ0n) is 9.75. The SMILES string of the molecule is CC1(C)CCN(C2(CC#N)COC2)CC1. The first-order valence-corrected chi connectivity index (χ1v) is 5.78. The van der Waals surface area contributed by atoms with Crippen molar-refractivity contribution >= 4 is 0 Å². The predicted molar refractivity (Wildman–Crippen MR) is 58.4 cm³/mol. The van der Waals surface area contributed by atoms with Gasteiger partial charge in [-0.1, -0.05) is 13.8 Å². The molecule has 0 aromatic heterocycles. The quantitative estimate of drug-likeness (QED) is 0.694. The number of likely N-dealkylation sites (tertiary alicyclic amines) is 1. The zero-order valence-corrected chi connectivity index (χ0v) is 9.75. The van der Waals surface area contributed by atoms with E-state index in [1.807, 2.05) is 0 Å². The molecule has 2 aliphatic rings. The van der Waals surface area contributed by atoms with E-state index in [4.69, 9.17) is 10.00 Å². The van der Waals surface area contributed by atoms with Crippen LogP contribution in [0.2, 0.25) is 0 Å². The molecule has 0 amide bonds. The van der Waals surface area contributed by atoms with Crippen LogP contribution in [0.3, 0.4) is 0 Å². The molecule has 0 aliphatic carbocycles. The van der Waals surface area contributed by atoms with Crippen molar-refractivity contribution in [2.75, 3.05) is 26.3 Å².